The second kappa shape index (κ2) is 5.92. The van der Waals surface area contributed by atoms with Crippen molar-refractivity contribution in [2.75, 3.05) is 10.6 Å². The topological polar surface area (TPSA) is 71.1 Å². The van der Waals surface area contributed by atoms with Crippen LogP contribution in [0.4, 0.5) is 15.9 Å². The lowest BCUT2D eigenvalue weighted by Crippen LogP contribution is -2.13. The van der Waals surface area contributed by atoms with Crippen LogP contribution in [0.15, 0.2) is 42.6 Å². The van der Waals surface area contributed by atoms with E-state index in [0.29, 0.717) is 17.1 Å². The van der Waals surface area contributed by atoms with Gasteiger partial charge in [0.05, 0.1) is 11.9 Å². The molecule has 0 atom stereocenters. The van der Waals surface area contributed by atoms with E-state index < -0.39 is 5.82 Å². The van der Waals surface area contributed by atoms with Crippen LogP contribution in [0.5, 0.6) is 0 Å². The second-order valence-electron chi connectivity index (χ2n) is 4.07. The molecule has 2 rings (SSSR count). The molecule has 0 unspecified atom stereocenters. The van der Waals surface area contributed by atoms with Crippen molar-refractivity contribution in [2.45, 2.75) is 6.92 Å². The Morgan fingerprint density at radius 2 is 1.75 bits per heavy atom. The van der Waals surface area contributed by atoms with E-state index in [1.807, 2.05) is 0 Å². The molecule has 20 heavy (non-hydrogen) atoms. The molecular formula is C14H12FN3O2. The molecule has 6 heteroatoms. The van der Waals surface area contributed by atoms with Gasteiger partial charge in [0.15, 0.2) is 0 Å². The fourth-order valence-electron chi connectivity index (χ4n) is 1.53. The van der Waals surface area contributed by atoms with Gasteiger partial charge in [-0.15, -0.1) is 0 Å². The lowest BCUT2D eigenvalue weighted by atomic mass is 10.2. The van der Waals surface area contributed by atoms with Gasteiger partial charge in [-0.25, -0.2) is 9.37 Å². The lowest BCUT2D eigenvalue weighted by molar-refractivity contribution is -0.114. The Labute approximate surface area is 114 Å². The van der Waals surface area contributed by atoms with E-state index in [-0.39, 0.29) is 11.8 Å². The largest absolute Gasteiger partial charge is 0.325 e. The molecule has 0 saturated heterocycles. The summed E-state index contributed by atoms with van der Waals surface area (Å²) in [5.41, 5.74) is 0.872. The van der Waals surface area contributed by atoms with Crippen molar-refractivity contribution < 1.29 is 14.0 Å². The number of pyridine rings is 1. The summed E-state index contributed by atoms with van der Waals surface area (Å²) >= 11 is 0. The zero-order valence-electron chi connectivity index (χ0n) is 10.7. The van der Waals surface area contributed by atoms with Crippen molar-refractivity contribution in [1.29, 1.82) is 0 Å². The van der Waals surface area contributed by atoms with Crippen molar-refractivity contribution in [2.24, 2.45) is 0 Å². The molecule has 1 heterocycles. The number of hydrogen-bond acceptors (Lipinski definition) is 3. The van der Waals surface area contributed by atoms with E-state index in [9.17, 15) is 14.0 Å². The molecule has 102 valence electrons. The van der Waals surface area contributed by atoms with Gasteiger partial charge in [0.2, 0.25) is 5.91 Å². The van der Waals surface area contributed by atoms with E-state index in [1.165, 1.54) is 37.4 Å². The fourth-order valence-corrected chi connectivity index (χ4v) is 1.53. The highest BCUT2D eigenvalue weighted by molar-refractivity contribution is 6.03. The fraction of sp³-hybridized carbons (Fsp3) is 0.0714. The minimum Gasteiger partial charge on any atom is -0.325 e. The van der Waals surface area contributed by atoms with E-state index >= 15 is 0 Å². The highest BCUT2D eigenvalue weighted by Gasteiger charge is 2.07. The van der Waals surface area contributed by atoms with E-state index in [4.69, 9.17) is 0 Å². The summed E-state index contributed by atoms with van der Waals surface area (Å²) in [6.07, 6.45) is 1.43. The van der Waals surface area contributed by atoms with Crippen LogP contribution in [-0.2, 0) is 4.79 Å². The SMILES string of the molecule is CC(=O)Nc1ccc(NC(=O)c2ccc(F)cc2)nc1. The quantitative estimate of drug-likeness (QED) is 0.902. The molecule has 0 aliphatic rings. The first-order chi connectivity index (χ1) is 9.54. The Bertz CT molecular complexity index is 624. The molecule has 1 aromatic carbocycles. The van der Waals surface area contributed by atoms with Crippen LogP contribution < -0.4 is 10.6 Å². The first-order valence-electron chi connectivity index (χ1n) is 5.85. The summed E-state index contributed by atoms with van der Waals surface area (Å²) < 4.78 is 12.7. The van der Waals surface area contributed by atoms with Gasteiger partial charge in [0, 0.05) is 12.5 Å². The number of rotatable bonds is 3. The summed E-state index contributed by atoms with van der Waals surface area (Å²) in [6, 6.07) is 8.37. The minimum atomic E-state index is -0.403. The van der Waals surface area contributed by atoms with Crippen molar-refractivity contribution in [3.8, 4) is 0 Å². The van der Waals surface area contributed by atoms with E-state index in [2.05, 4.69) is 15.6 Å². The van der Waals surface area contributed by atoms with Gasteiger partial charge < -0.3 is 10.6 Å². The molecule has 0 spiro atoms. The minimum absolute atomic E-state index is 0.199. The molecule has 2 N–H and O–H groups in total. The van der Waals surface area contributed by atoms with Crippen LogP contribution in [0.2, 0.25) is 0 Å². The molecule has 0 fully saturated rings. The van der Waals surface area contributed by atoms with E-state index in [0.717, 1.165) is 0 Å². The molecule has 2 amide bonds. The number of amides is 2. The predicted molar refractivity (Wildman–Crippen MR) is 72.9 cm³/mol. The number of benzene rings is 1. The average molecular weight is 273 g/mol. The average Bonchev–Trinajstić information content (AvgIpc) is 2.41. The zero-order valence-corrected chi connectivity index (χ0v) is 10.7. The summed E-state index contributed by atoms with van der Waals surface area (Å²) in [5.74, 6) is -0.646. The molecule has 0 bridgehead atoms. The maximum absolute atomic E-state index is 12.7. The van der Waals surface area contributed by atoms with Crippen LogP contribution in [-0.4, -0.2) is 16.8 Å². The van der Waals surface area contributed by atoms with Crippen LogP contribution in [0, 0.1) is 5.82 Å². The number of nitrogens with zero attached hydrogens (tertiary/aromatic N) is 1. The van der Waals surface area contributed by atoms with Gasteiger partial charge in [-0.2, -0.15) is 0 Å². The van der Waals surface area contributed by atoms with Gasteiger partial charge in [-0.05, 0) is 36.4 Å². The second-order valence-corrected chi connectivity index (χ2v) is 4.07. The zero-order chi connectivity index (χ0) is 14.5. The molecule has 0 aliphatic carbocycles. The third-order valence-corrected chi connectivity index (χ3v) is 2.43. The Hall–Kier alpha value is -2.76. The molecule has 0 saturated carbocycles. The maximum atomic E-state index is 12.7. The predicted octanol–water partition coefficient (Wildman–Crippen LogP) is 2.43. The summed E-state index contributed by atoms with van der Waals surface area (Å²) in [6.45, 7) is 1.39. The molecular weight excluding hydrogens is 261 g/mol. The van der Waals surface area contributed by atoms with Crippen LogP contribution >= 0.6 is 0 Å². The normalized spacial score (nSPS) is 9.90. The van der Waals surface area contributed by atoms with Gasteiger partial charge >= 0.3 is 0 Å². The Balaban J connectivity index is 2.04. The number of carbonyl (C=O) groups excluding carboxylic acids is 2. The molecule has 0 aliphatic heterocycles. The first kappa shape index (κ1) is 13.7. The number of nitrogens with one attached hydrogen (secondary N) is 2. The Morgan fingerprint density at radius 3 is 2.30 bits per heavy atom. The highest BCUT2D eigenvalue weighted by atomic mass is 19.1. The Morgan fingerprint density at radius 1 is 1.05 bits per heavy atom. The van der Waals surface area contributed by atoms with Crippen LogP contribution in [0.1, 0.15) is 17.3 Å². The highest BCUT2D eigenvalue weighted by Crippen LogP contribution is 2.11. The molecule has 5 nitrogen and oxygen atoms in total. The molecule has 1 aromatic heterocycles. The van der Waals surface area contributed by atoms with Crippen molar-refractivity contribution >= 4 is 23.3 Å². The van der Waals surface area contributed by atoms with Gasteiger partial charge in [-0.1, -0.05) is 0 Å². The number of carbonyl (C=O) groups is 2. The summed E-state index contributed by atoms with van der Waals surface area (Å²) in [7, 11) is 0. The number of aromatic nitrogens is 1. The molecule has 2 aromatic rings. The standard InChI is InChI=1S/C14H12FN3O2/c1-9(19)17-12-6-7-13(16-8-12)18-14(20)10-2-4-11(15)5-3-10/h2-8H,1H3,(H,17,19)(H,16,18,20). The lowest BCUT2D eigenvalue weighted by Gasteiger charge is -2.06. The monoisotopic (exact) mass is 273 g/mol. The van der Waals surface area contributed by atoms with Crippen molar-refractivity contribution in [3.63, 3.8) is 0 Å². The summed E-state index contributed by atoms with van der Waals surface area (Å²) in [4.78, 5) is 26.7. The third-order valence-electron chi connectivity index (χ3n) is 2.43. The van der Waals surface area contributed by atoms with Crippen molar-refractivity contribution in [3.05, 3.63) is 54.0 Å². The number of hydrogen-bond donors (Lipinski definition) is 2. The van der Waals surface area contributed by atoms with Crippen LogP contribution in [0.25, 0.3) is 0 Å². The number of halogens is 1. The summed E-state index contributed by atoms with van der Waals surface area (Å²) in [5, 5.41) is 5.14. The third kappa shape index (κ3) is 3.61. The first-order valence-corrected chi connectivity index (χ1v) is 5.85. The van der Waals surface area contributed by atoms with E-state index in [1.54, 1.807) is 12.1 Å². The van der Waals surface area contributed by atoms with Crippen LogP contribution in [0.3, 0.4) is 0 Å². The Kier molecular flexibility index (Phi) is 4.05. The molecule has 0 radical (unpaired) electrons. The van der Waals surface area contributed by atoms with Gasteiger partial charge in [0.25, 0.3) is 5.91 Å². The van der Waals surface area contributed by atoms with Crippen molar-refractivity contribution in [1.82, 2.24) is 4.98 Å². The number of anilines is 2. The van der Waals surface area contributed by atoms with Gasteiger partial charge in [-0.3, -0.25) is 9.59 Å². The maximum Gasteiger partial charge on any atom is 0.256 e. The smallest absolute Gasteiger partial charge is 0.256 e. The van der Waals surface area contributed by atoms with Gasteiger partial charge in [0.1, 0.15) is 11.6 Å².